The Morgan fingerprint density at radius 3 is 3.12 bits per heavy atom. The zero-order valence-corrected chi connectivity index (χ0v) is 10.3. The minimum atomic E-state index is 0.186. The fourth-order valence-electron chi connectivity index (χ4n) is 2.93. The van der Waals surface area contributed by atoms with Crippen molar-refractivity contribution in [3.8, 4) is 0 Å². The molecule has 2 fully saturated rings. The molecule has 2 heterocycles. The number of imidazole rings is 1. The third kappa shape index (κ3) is 1.09. The number of halogens is 1. The van der Waals surface area contributed by atoms with E-state index in [0.29, 0.717) is 0 Å². The molecule has 2 aliphatic rings. The van der Waals surface area contributed by atoms with Crippen LogP contribution in [0.2, 0.25) is 0 Å². The number of piperidine rings is 1. The van der Waals surface area contributed by atoms with Gasteiger partial charge in [-0.2, -0.15) is 0 Å². The summed E-state index contributed by atoms with van der Waals surface area (Å²) < 4.78 is 1.10. The van der Waals surface area contributed by atoms with Crippen LogP contribution in [0.5, 0.6) is 0 Å². The van der Waals surface area contributed by atoms with E-state index >= 15 is 0 Å². The van der Waals surface area contributed by atoms with Gasteiger partial charge in [-0.1, -0.05) is 15.9 Å². The summed E-state index contributed by atoms with van der Waals surface area (Å²) in [6.07, 6.45) is 2.54. The van der Waals surface area contributed by atoms with Gasteiger partial charge < -0.3 is 10.3 Å². The van der Waals surface area contributed by atoms with E-state index in [1.54, 1.807) is 0 Å². The Labute approximate surface area is 102 Å². The molecule has 1 aliphatic carbocycles. The highest BCUT2D eigenvalue weighted by Gasteiger charge is 2.60. The molecule has 1 aromatic heterocycles. The molecule has 0 radical (unpaired) electrons. The molecule has 3 nitrogen and oxygen atoms in total. The van der Waals surface area contributed by atoms with Crippen molar-refractivity contribution >= 4 is 27.0 Å². The molecule has 2 aromatic rings. The average molecular weight is 278 g/mol. The van der Waals surface area contributed by atoms with E-state index < -0.39 is 0 Å². The van der Waals surface area contributed by atoms with Crippen LogP contribution >= 0.6 is 15.9 Å². The van der Waals surface area contributed by atoms with Gasteiger partial charge in [0, 0.05) is 4.47 Å². The van der Waals surface area contributed by atoms with Gasteiger partial charge in [0.15, 0.2) is 0 Å². The van der Waals surface area contributed by atoms with Crippen molar-refractivity contribution in [1.82, 2.24) is 15.3 Å². The SMILES string of the molecule is Brc1ccc2nc(C34CC3CCN4)[nH]c2c1. The number of hydrogen-bond donors (Lipinski definition) is 2. The molecule has 1 aliphatic heterocycles. The number of benzene rings is 1. The highest BCUT2D eigenvalue weighted by molar-refractivity contribution is 9.10. The van der Waals surface area contributed by atoms with E-state index in [2.05, 4.69) is 38.4 Å². The fraction of sp³-hybridized carbons (Fsp3) is 0.417. The molecular weight excluding hydrogens is 266 g/mol. The summed E-state index contributed by atoms with van der Waals surface area (Å²) in [6.45, 7) is 1.13. The van der Waals surface area contributed by atoms with Crippen LogP contribution in [0, 0.1) is 5.92 Å². The Morgan fingerprint density at radius 1 is 1.44 bits per heavy atom. The van der Waals surface area contributed by atoms with Gasteiger partial charge in [0.2, 0.25) is 0 Å². The zero-order chi connectivity index (χ0) is 10.8. The Morgan fingerprint density at radius 2 is 2.38 bits per heavy atom. The van der Waals surface area contributed by atoms with Gasteiger partial charge in [0.05, 0.1) is 16.6 Å². The second-order valence-electron chi connectivity index (χ2n) is 4.83. The van der Waals surface area contributed by atoms with Crippen molar-refractivity contribution in [3.05, 3.63) is 28.5 Å². The highest BCUT2D eigenvalue weighted by atomic mass is 79.9. The Hall–Kier alpha value is -0.870. The summed E-state index contributed by atoms with van der Waals surface area (Å²) in [4.78, 5) is 8.17. The van der Waals surface area contributed by atoms with Gasteiger partial charge in [-0.25, -0.2) is 4.98 Å². The maximum atomic E-state index is 4.71. The van der Waals surface area contributed by atoms with Crippen molar-refractivity contribution in [3.63, 3.8) is 0 Å². The van der Waals surface area contributed by atoms with Gasteiger partial charge in [0.25, 0.3) is 0 Å². The van der Waals surface area contributed by atoms with E-state index in [1.807, 2.05) is 6.07 Å². The van der Waals surface area contributed by atoms with Crippen LogP contribution in [-0.2, 0) is 5.54 Å². The summed E-state index contributed by atoms with van der Waals surface area (Å²) in [5, 5.41) is 3.59. The summed E-state index contributed by atoms with van der Waals surface area (Å²) in [6, 6.07) is 6.19. The Kier molecular flexibility index (Phi) is 1.65. The molecule has 0 spiro atoms. The van der Waals surface area contributed by atoms with Crippen molar-refractivity contribution in [2.24, 2.45) is 5.92 Å². The molecule has 1 saturated carbocycles. The van der Waals surface area contributed by atoms with Crippen LogP contribution in [0.25, 0.3) is 11.0 Å². The molecule has 16 heavy (non-hydrogen) atoms. The first-order valence-corrected chi connectivity index (χ1v) is 6.48. The van der Waals surface area contributed by atoms with E-state index in [1.165, 1.54) is 12.8 Å². The lowest BCUT2D eigenvalue weighted by Gasteiger charge is -2.08. The van der Waals surface area contributed by atoms with Gasteiger partial charge in [-0.15, -0.1) is 0 Å². The summed E-state index contributed by atoms with van der Waals surface area (Å²) in [5.41, 5.74) is 2.37. The van der Waals surface area contributed by atoms with Crippen LogP contribution in [0.3, 0.4) is 0 Å². The first kappa shape index (κ1) is 9.19. The third-order valence-corrected chi connectivity index (χ3v) is 4.40. The predicted molar refractivity (Wildman–Crippen MR) is 66.2 cm³/mol. The molecule has 4 heteroatoms. The highest BCUT2D eigenvalue weighted by Crippen LogP contribution is 2.56. The van der Waals surface area contributed by atoms with Crippen molar-refractivity contribution in [2.45, 2.75) is 18.4 Å². The molecule has 2 unspecified atom stereocenters. The summed E-state index contributed by atoms with van der Waals surface area (Å²) in [7, 11) is 0. The van der Waals surface area contributed by atoms with E-state index in [9.17, 15) is 0 Å². The third-order valence-electron chi connectivity index (χ3n) is 3.90. The lowest BCUT2D eigenvalue weighted by molar-refractivity contribution is 0.551. The molecule has 2 N–H and O–H groups in total. The van der Waals surface area contributed by atoms with E-state index in [4.69, 9.17) is 4.98 Å². The van der Waals surface area contributed by atoms with Crippen molar-refractivity contribution in [2.75, 3.05) is 6.54 Å². The normalized spacial score (nSPS) is 31.9. The van der Waals surface area contributed by atoms with Gasteiger partial charge >= 0.3 is 0 Å². The van der Waals surface area contributed by atoms with Crippen LogP contribution in [0.4, 0.5) is 0 Å². The first-order valence-electron chi connectivity index (χ1n) is 5.69. The number of rotatable bonds is 1. The molecule has 2 atom stereocenters. The molecule has 0 bridgehead atoms. The van der Waals surface area contributed by atoms with Crippen molar-refractivity contribution in [1.29, 1.82) is 0 Å². The van der Waals surface area contributed by atoms with Crippen molar-refractivity contribution < 1.29 is 0 Å². The maximum absolute atomic E-state index is 4.71. The van der Waals surface area contributed by atoms with Gasteiger partial charge in [0.1, 0.15) is 5.82 Å². The number of aromatic nitrogens is 2. The van der Waals surface area contributed by atoms with Crippen LogP contribution in [-0.4, -0.2) is 16.5 Å². The van der Waals surface area contributed by atoms with Gasteiger partial charge in [-0.3, -0.25) is 0 Å². The first-order chi connectivity index (χ1) is 7.78. The molecule has 4 rings (SSSR count). The Bertz CT molecular complexity index is 577. The van der Waals surface area contributed by atoms with Gasteiger partial charge in [-0.05, 0) is 43.5 Å². The number of nitrogens with zero attached hydrogens (tertiary/aromatic N) is 1. The van der Waals surface area contributed by atoms with Crippen LogP contribution < -0.4 is 5.32 Å². The maximum Gasteiger partial charge on any atom is 0.127 e. The fourth-order valence-corrected chi connectivity index (χ4v) is 3.29. The smallest absolute Gasteiger partial charge is 0.127 e. The quantitative estimate of drug-likeness (QED) is 0.841. The van der Waals surface area contributed by atoms with E-state index in [-0.39, 0.29) is 5.54 Å². The Balaban J connectivity index is 1.87. The summed E-state index contributed by atoms with van der Waals surface area (Å²) in [5.74, 6) is 1.93. The zero-order valence-electron chi connectivity index (χ0n) is 8.76. The van der Waals surface area contributed by atoms with Crippen LogP contribution in [0.15, 0.2) is 22.7 Å². The molecule has 1 aromatic carbocycles. The summed E-state index contributed by atoms with van der Waals surface area (Å²) >= 11 is 3.49. The second kappa shape index (κ2) is 2.87. The lowest BCUT2D eigenvalue weighted by atomic mass is 10.2. The predicted octanol–water partition coefficient (Wildman–Crippen LogP) is 2.53. The topological polar surface area (TPSA) is 40.7 Å². The number of H-pyrrole nitrogens is 1. The largest absolute Gasteiger partial charge is 0.340 e. The lowest BCUT2D eigenvalue weighted by Crippen LogP contribution is -2.26. The van der Waals surface area contributed by atoms with E-state index in [0.717, 1.165) is 33.8 Å². The minimum Gasteiger partial charge on any atom is -0.340 e. The number of fused-ring (bicyclic) bond motifs is 2. The van der Waals surface area contributed by atoms with Crippen LogP contribution in [0.1, 0.15) is 18.7 Å². The molecular formula is C12H12BrN3. The minimum absolute atomic E-state index is 0.186. The standard InChI is InChI=1S/C12H12BrN3/c13-8-1-2-9-10(5-8)16-11(15-9)12-6-7(12)3-4-14-12/h1-2,5,7,14H,3-4,6H2,(H,15,16). The molecule has 82 valence electrons. The number of aromatic amines is 1. The number of hydrogen-bond acceptors (Lipinski definition) is 2. The molecule has 0 amide bonds. The monoisotopic (exact) mass is 277 g/mol. The average Bonchev–Trinajstić information content (AvgIpc) is 2.69. The second-order valence-corrected chi connectivity index (χ2v) is 5.75. The molecule has 1 saturated heterocycles. The number of nitrogens with one attached hydrogen (secondary N) is 2.